The number of aromatic nitrogens is 3. The molecule has 0 radical (unpaired) electrons. The molecule has 3 aromatic rings. The molecule has 2 N–H and O–H groups in total. The summed E-state index contributed by atoms with van der Waals surface area (Å²) in [7, 11) is 0. The molecule has 1 aromatic heterocycles. The highest BCUT2D eigenvalue weighted by atomic mass is 35.5. The van der Waals surface area contributed by atoms with Crippen molar-refractivity contribution >= 4 is 29.4 Å². The van der Waals surface area contributed by atoms with Gasteiger partial charge in [0, 0.05) is 10.9 Å². The van der Waals surface area contributed by atoms with Gasteiger partial charge in [-0.25, -0.2) is 9.07 Å². The van der Waals surface area contributed by atoms with Gasteiger partial charge in [0.2, 0.25) is 11.9 Å². The van der Waals surface area contributed by atoms with Crippen molar-refractivity contribution in [3.63, 3.8) is 0 Å². The van der Waals surface area contributed by atoms with E-state index in [4.69, 9.17) is 11.6 Å². The number of halogens is 2. The van der Waals surface area contributed by atoms with Gasteiger partial charge in [-0.15, -0.1) is 5.10 Å². The Labute approximate surface area is 173 Å². The molecule has 29 heavy (non-hydrogen) atoms. The van der Waals surface area contributed by atoms with E-state index in [2.05, 4.69) is 20.7 Å². The largest absolute Gasteiger partial charge is 0.347 e. The van der Waals surface area contributed by atoms with Crippen LogP contribution in [0.1, 0.15) is 43.5 Å². The topological polar surface area (TPSA) is 71.8 Å². The third-order valence-corrected chi connectivity index (χ3v) is 5.23. The number of nitrogens with zero attached hydrogens (tertiary/aromatic N) is 3. The molecule has 0 saturated carbocycles. The molecule has 0 spiro atoms. The van der Waals surface area contributed by atoms with Crippen LogP contribution in [-0.4, -0.2) is 20.7 Å². The number of fused-ring (bicyclic) bond motifs is 1. The van der Waals surface area contributed by atoms with E-state index in [1.165, 1.54) is 12.1 Å². The van der Waals surface area contributed by atoms with Crippen LogP contribution < -0.4 is 10.6 Å². The zero-order chi connectivity index (χ0) is 20.5. The normalized spacial score (nSPS) is 18.2. The minimum absolute atomic E-state index is 0.0346. The maximum atomic E-state index is 13.4. The Bertz CT molecular complexity index is 1020. The standard InChI is InChI=1S/C21H21ClFN5O/c1-12(2)19(29)25-20-26-21-24-17(13-3-7-15(22)8-4-13)11-18(28(21)27-20)14-5-9-16(23)10-6-14/h3-10,12,17-18H,11H2,1-2H3,(H2,24,25,26,27,29)/t17-,18+/m1/s1. The molecule has 0 unspecified atom stereocenters. The summed E-state index contributed by atoms with van der Waals surface area (Å²) in [6, 6.07) is 13.8. The molecule has 4 rings (SSSR count). The third-order valence-electron chi connectivity index (χ3n) is 4.98. The maximum absolute atomic E-state index is 13.4. The molecule has 2 aromatic carbocycles. The number of hydrogen-bond acceptors (Lipinski definition) is 4. The summed E-state index contributed by atoms with van der Waals surface area (Å²) < 4.78 is 15.2. The average Bonchev–Trinajstić information content (AvgIpc) is 3.10. The molecule has 1 aliphatic rings. The Kier molecular flexibility index (Phi) is 5.24. The number of carbonyl (C=O) groups excluding carboxylic acids is 1. The van der Waals surface area contributed by atoms with Gasteiger partial charge in [0.15, 0.2) is 0 Å². The van der Waals surface area contributed by atoms with Crippen LogP contribution in [0.25, 0.3) is 0 Å². The van der Waals surface area contributed by atoms with Gasteiger partial charge in [0.1, 0.15) is 5.82 Å². The molecular formula is C21H21ClFN5O. The smallest absolute Gasteiger partial charge is 0.250 e. The number of rotatable bonds is 4. The van der Waals surface area contributed by atoms with Crippen molar-refractivity contribution in [2.75, 3.05) is 10.6 Å². The molecule has 2 heterocycles. The van der Waals surface area contributed by atoms with Gasteiger partial charge in [0.05, 0.1) is 12.1 Å². The van der Waals surface area contributed by atoms with E-state index >= 15 is 0 Å². The molecule has 150 valence electrons. The van der Waals surface area contributed by atoms with Gasteiger partial charge >= 0.3 is 0 Å². The Morgan fingerprint density at radius 2 is 1.83 bits per heavy atom. The SMILES string of the molecule is CC(C)C(=O)Nc1nc2n(n1)[C@H](c1ccc(F)cc1)C[C@H](c1ccc(Cl)cc1)N2. The minimum atomic E-state index is -0.291. The highest BCUT2D eigenvalue weighted by Crippen LogP contribution is 2.38. The van der Waals surface area contributed by atoms with Crippen LogP contribution in [0.15, 0.2) is 48.5 Å². The zero-order valence-electron chi connectivity index (χ0n) is 16.1. The van der Waals surface area contributed by atoms with Crippen molar-refractivity contribution in [2.45, 2.75) is 32.4 Å². The summed E-state index contributed by atoms with van der Waals surface area (Å²) >= 11 is 6.03. The summed E-state index contributed by atoms with van der Waals surface area (Å²) in [5, 5.41) is 11.3. The quantitative estimate of drug-likeness (QED) is 0.643. The van der Waals surface area contributed by atoms with Crippen molar-refractivity contribution < 1.29 is 9.18 Å². The molecule has 8 heteroatoms. The number of carbonyl (C=O) groups is 1. The summed E-state index contributed by atoms with van der Waals surface area (Å²) in [6.07, 6.45) is 0.682. The van der Waals surface area contributed by atoms with Crippen LogP contribution >= 0.6 is 11.6 Å². The lowest BCUT2D eigenvalue weighted by atomic mass is 9.93. The van der Waals surface area contributed by atoms with E-state index < -0.39 is 0 Å². The number of benzene rings is 2. The Morgan fingerprint density at radius 3 is 2.48 bits per heavy atom. The molecule has 0 bridgehead atoms. The summed E-state index contributed by atoms with van der Waals surface area (Å²) in [6.45, 7) is 3.61. The summed E-state index contributed by atoms with van der Waals surface area (Å²) in [5.41, 5.74) is 1.98. The van der Waals surface area contributed by atoms with E-state index in [1.54, 1.807) is 16.8 Å². The van der Waals surface area contributed by atoms with Crippen LogP contribution in [0.4, 0.5) is 16.3 Å². The fourth-order valence-corrected chi connectivity index (χ4v) is 3.49. The van der Waals surface area contributed by atoms with Crippen molar-refractivity contribution in [1.29, 1.82) is 0 Å². The number of anilines is 2. The van der Waals surface area contributed by atoms with Gasteiger partial charge in [0.25, 0.3) is 5.95 Å². The van der Waals surface area contributed by atoms with Crippen LogP contribution in [0.5, 0.6) is 0 Å². The number of nitrogens with one attached hydrogen (secondary N) is 2. The van der Waals surface area contributed by atoms with Crippen molar-refractivity contribution in [1.82, 2.24) is 14.8 Å². The third kappa shape index (κ3) is 4.10. The molecule has 1 aliphatic heterocycles. The predicted octanol–water partition coefficient (Wildman–Crippen LogP) is 4.81. The van der Waals surface area contributed by atoms with E-state index in [9.17, 15) is 9.18 Å². The minimum Gasteiger partial charge on any atom is -0.347 e. The number of amides is 1. The van der Waals surface area contributed by atoms with Gasteiger partial charge in [-0.05, 0) is 41.8 Å². The second kappa shape index (κ2) is 7.83. The van der Waals surface area contributed by atoms with Crippen LogP contribution in [0.2, 0.25) is 5.02 Å². The highest BCUT2D eigenvalue weighted by molar-refractivity contribution is 6.30. The summed E-state index contributed by atoms with van der Waals surface area (Å²) in [4.78, 5) is 16.5. The lowest BCUT2D eigenvalue weighted by Crippen LogP contribution is -2.28. The molecular weight excluding hydrogens is 393 g/mol. The van der Waals surface area contributed by atoms with E-state index in [1.807, 2.05) is 38.1 Å². The zero-order valence-corrected chi connectivity index (χ0v) is 16.8. The first-order chi connectivity index (χ1) is 13.9. The lowest BCUT2D eigenvalue weighted by Gasteiger charge is -2.31. The lowest BCUT2D eigenvalue weighted by molar-refractivity contribution is -0.118. The maximum Gasteiger partial charge on any atom is 0.250 e. The predicted molar refractivity (Wildman–Crippen MR) is 110 cm³/mol. The second-order valence-electron chi connectivity index (χ2n) is 7.40. The number of hydrogen-bond donors (Lipinski definition) is 2. The average molecular weight is 414 g/mol. The van der Waals surface area contributed by atoms with Gasteiger partial charge in [-0.1, -0.05) is 49.7 Å². The Morgan fingerprint density at radius 1 is 1.17 bits per heavy atom. The van der Waals surface area contributed by atoms with Gasteiger partial charge in [-0.2, -0.15) is 4.98 Å². The fraction of sp³-hybridized carbons (Fsp3) is 0.286. The molecule has 0 saturated heterocycles. The molecule has 2 atom stereocenters. The van der Waals surface area contributed by atoms with Crippen LogP contribution in [-0.2, 0) is 4.79 Å². The van der Waals surface area contributed by atoms with E-state index in [0.717, 1.165) is 11.1 Å². The van der Waals surface area contributed by atoms with E-state index in [0.29, 0.717) is 17.4 Å². The van der Waals surface area contributed by atoms with Gasteiger partial charge in [-0.3, -0.25) is 10.1 Å². The Hall–Kier alpha value is -2.93. The molecule has 1 amide bonds. The molecule has 0 aliphatic carbocycles. The highest BCUT2D eigenvalue weighted by Gasteiger charge is 2.31. The summed E-state index contributed by atoms with van der Waals surface area (Å²) in [5.74, 6) is 0.166. The first kappa shape index (κ1) is 19.4. The van der Waals surface area contributed by atoms with Crippen molar-refractivity contribution in [3.8, 4) is 0 Å². The molecule has 0 fully saturated rings. The van der Waals surface area contributed by atoms with Crippen molar-refractivity contribution in [2.24, 2.45) is 5.92 Å². The van der Waals surface area contributed by atoms with E-state index in [-0.39, 0.29) is 35.7 Å². The van der Waals surface area contributed by atoms with Crippen molar-refractivity contribution in [3.05, 3.63) is 70.5 Å². The monoisotopic (exact) mass is 413 g/mol. The first-order valence-corrected chi connectivity index (χ1v) is 9.83. The fourth-order valence-electron chi connectivity index (χ4n) is 3.36. The van der Waals surface area contributed by atoms with Crippen LogP contribution in [0.3, 0.4) is 0 Å². The first-order valence-electron chi connectivity index (χ1n) is 9.45. The van der Waals surface area contributed by atoms with Gasteiger partial charge < -0.3 is 5.32 Å². The second-order valence-corrected chi connectivity index (χ2v) is 7.84. The van der Waals surface area contributed by atoms with Crippen LogP contribution in [0, 0.1) is 11.7 Å². The Balaban J connectivity index is 1.71. The molecule has 6 nitrogen and oxygen atoms in total.